The third-order valence-electron chi connectivity index (χ3n) is 1.96. The molecule has 0 spiro atoms. The molecule has 0 amide bonds. The second kappa shape index (κ2) is 5.02. The van der Waals surface area contributed by atoms with Crippen LogP contribution in [0.3, 0.4) is 0 Å². The first-order chi connectivity index (χ1) is 7.52. The summed E-state index contributed by atoms with van der Waals surface area (Å²) in [7, 11) is 1.15. The van der Waals surface area contributed by atoms with Crippen LogP contribution in [0.25, 0.3) is 0 Å². The number of hydrogen-bond acceptors (Lipinski definition) is 4. The Hall–Kier alpha value is -1.50. The number of rotatable bonds is 3. The Kier molecular flexibility index (Phi) is 3.94. The van der Waals surface area contributed by atoms with Gasteiger partial charge in [-0.05, 0) is 12.1 Å². The second-order valence-corrected chi connectivity index (χ2v) is 3.37. The number of ether oxygens (including phenoxy) is 1. The lowest BCUT2D eigenvalue weighted by Gasteiger charge is -2.06. The molecule has 0 fully saturated rings. The lowest BCUT2D eigenvalue weighted by atomic mass is 10.1. The Morgan fingerprint density at radius 2 is 2.25 bits per heavy atom. The number of carbonyl (C=O) groups excluding carboxylic acids is 1. The molecule has 7 heteroatoms. The fourth-order valence-corrected chi connectivity index (χ4v) is 1.81. The van der Waals surface area contributed by atoms with Crippen LogP contribution >= 0.6 is 15.9 Å². The number of nitro groups is 1. The number of halogens is 2. The van der Waals surface area contributed by atoms with Crippen molar-refractivity contribution >= 4 is 27.6 Å². The van der Waals surface area contributed by atoms with Gasteiger partial charge in [0.2, 0.25) is 5.82 Å². The molecule has 16 heavy (non-hydrogen) atoms. The Balaban J connectivity index is 3.48. The Morgan fingerprint density at radius 1 is 1.62 bits per heavy atom. The lowest BCUT2D eigenvalue weighted by Crippen LogP contribution is -2.08. The third-order valence-corrected chi connectivity index (χ3v) is 2.52. The van der Waals surface area contributed by atoms with E-state index in [-0.39, 0.29) is 16.5 Å². The van der Waals surface area contributed by atoms with Gasteiger partial charge in [0.25, 0.3) is 0 Å². The first-order valence-corrected chi connectivity index (χ1v) is 5.25. The first kappa shape index (κ1) is 12.6. The second-order valence-electron chi connectivity index (χ2n) is 2.80. The maximum absolute atomic E-state index is 13.2. The van der Waals surface area contributed by atoms with Crippen molar-refractivity contribution in [2.45, 2.75) is 5.33 Å². The molecule has 1 aromatic carbocycles. The highest BCUT2D eigenvalue weighted by Crippen LogP contribution is 2.28. The molecule has 5 nitrogen and oxygen atoms in total. The SMILES string of the molecule is COC(=O)c1ccc(F)c([N+](=O)[O-])c1CBr. The Morgan fingerprint density at radius 3 is 2.69 bits per heavy atom. The van der Waals surface area contributed by atoms with Crippen LogP contribution in [0.2, 0.25) is 0 Å². The van der Waals surface area contributed by atoms with Crippen molar-refractivity contribution in [1.29, 1.82) is 0 Å². The average Bonchev–Trinajstić information content (AvgIpc) is 2.26. The minimum absolute atomic E-state index is 0.00843. The fraction of sp³-hybridized carbons (Fsp3) is 0.222. The van der Waals surface area contributed by atoms with E-state index >= 15 is 0 Å². The summed E-state index contributed by atoms with van der Waals surface area (Å²) < 4.78 is 17.7. The number of hydrogen-bond donors (Lipinski definition) is 0. The number of nitro benzene ring substituents is 1. The van der Waals surface area contributed by atoms with Crippen molar-refractivity contribution in [2.24, 2.45) is 0 Å². The van der Waals surface area contributed by atoms with Gasteiger partial charge in [0, 0.05) is 5.33 Å². The van der Waals surface area contributed by atoms with Crippen LogP contribution in [-0.4, -0.2) is 18.0 Å². The molecule has 0 aliphatic rings. The van der Waals surface area contributed by atoms with Gasteiger partial charge in [-0.1, -0.05) is 15.9 Å². The average molecular weight is 292 g/mol. The maximum atomic E-state index is 13.2. The standard InChI is InChI=1S/C9H7BrFNO4/c1-16-9(13)5-2-3-7(11)8(12(14)15)6(5)4-10/h2-3H,4H2,1H3. The molecule has 0 saturated carbocycles. The molecular formula is C9H7BrFNO4. The highest BCUT2D eigenvalue weighted by Gasteiger charge is 2.25. The van der Waals surface area contributed by atoms with Gasteiger partial charge in [0.15, 0.2) is 0 Å². The molecule has 0 atom stereocenters. The van der Waals surface area contributed by atoms with E-state index in [1.807, 2.05) is 0 Å². The smallest absolute Gasteiger partial charge is 0.338 e. The van der Waals surface area contributed by atoms with Crippen molar-refractivity contribution < 1.29 is 18.8 Å². The zero-order valence-corrected chi connectivity index (χ0v) is 9.78. The molecule has 0 radical (unpaired) electrons. The third kappa shape index (κ3) is 2.19. The quantitative estimate of drug-likeness (QED) is 0.371. The van der Waals surface area contributed by atoms with Gasteiger partial charge in [-0.3, -0.25) is 10.1 Å². The summed E-state index contributed by atoms with van der Waals surface area (Å²) in [5.74, 6) is -1.72. The van der Waals surface area contributed by atoms with Gasteiger partial charge in [-0.25, -0.2) is 4.79 Å². The summed E-state index contributed by atoms with van der Waals surface area (Å²) in [6.07, 6.45) is 0. The van der Waals surface area contributed by atoms with Gasteiger partial charge < -0.3 is 4.74 Å². The molecule has 0 aromatic heterocycles. The molecular weight excluding hydrogens is 285 g/mol. The van der Waals surface area contributed by atoms with E-state index < -0.39 is 22.4 Å². The fourth-order valence-electron chi connectivity index (χ4n) is 1.24. The Bertz CT molecular complexity index is 449. The van der Waals surface area contributed by atoms with Crippen molar-refractivity contribution in [3.63, 3.8) is 0 Å². The molecule has 0 unspecified atom stereocenters. The molecule has 0 saturated heterocycles. The number of methoxy groups -OCH3 is 1. The van der Waals surface area contributed by atoms with Crippen LogP contribution in [0.4, 0.5) is 10.1 Å². The zero-order valence-electron chi connectivity index (χ0n) is 8.20. The van der Waals surface area contributed by atoms with E-state index in [0.717, 1.165) is 19.2 Å². The summed E-state index contributed by atoms with van der Waals surface area (Å²) in [5, 5.41) is 10.6. The summed E-state index contributed by atoms with van der Waals surface area (Å²) in [4.78, 5) is 21.1. The number of nitrogens with zero attached hydrogens (tertiary/aromatic N) is 1. The van der Waals surface area contributed by atoms with Gasteiger partial charge in [-0.15, -0.1) is 0 Å². The molecule has 0 heterocycles. The van der Waals surface area contributed by atoms with E-state index in [9.17, 15) is 19.3 Å². The van der Waals surface area contributed by atoms with Crippen LogP contribution in [0.1, 0.15) is 15.9 Å². The number of benzene rings is 1. The van der Waals surface area contributed by atoms with Gasteiger partial charge in [-0.2, -0.15) is 4.39 Å². The summed E-state index contributed by atoms with van der Waals surface area (Å²) in [5.41, 5.74) is -0.760. The molecule has 0 N–H and O–H groups in total. The minimum Gasteiger partial charge on any atom is -0.465 e. The molecule has 0 aliphatic heterocycles. The van der Waals surface area contributed by atoms with E-state index in [2.05, 4.69) is 20.7 Å². The molecule has 1 rings (SSSR count). The normalized spacial score (nSPS) is 9.94. The van der Waals surface area contributed by atoms with Crippen molar-refractivity contribution in [3.05, 3.63) is 39.2 Å². The van der Waals surface area contributed by atoms with Crippen LogP contribution in [0.15, 0.2) is 12.1 Å². The number of esters is 1. The van der Waals surface area contributed by atoms with Crippen molar-refractivity contribution in [1.82, 2.24) is 0 Å². The summed E-state index contributed by atoms with van der Waals surface area (Å²) >= 11 is 2.98. The topological polar surface area (TPSA) is 69.4 Å². The van der Waals surface area contributed by atoms with E-state index in [0.29, 0.717) is 0 Å². The molecule has 1 aromatic rings. The predicted octanol–water partition coefficient (Wildman–Crippen LogP) is 2.42. The lowest BCUT2D eigenvalue weighted by molar-refractivity contribution is -0.388. The van der Waals surface area contributed by atoms with Crippen LogP contribution < -0.4 is 0 Å². The molecule has 0 bridgehead atoms. The number of alkyl halides is 1. The van der Waals surface area contributed by atoms with Crippen LogP contribution in [-0.2, 0) is 10.1 Å². The zero-order chi connectivity index (χ0) is 12.3. The Labute approximate surface area is 98.5 Å². The van der Waals surface area contributed by atoms with E-state index in [1.165, 1.54) is 0 Å². The minimum atomic E-state index is -0.980. The van der Waals surface area contributed by atoms with Gasteiger partial charge in [0.05, 0.1) is 23.2 Å². The monoisotopic (exact) mass is 291 g/mol. The largest absolute Gasteiger partial charge is 0.465 e. The van der Waals surface area contributed by atoms with Crippen molar-refractivity contribution in [3.8, 4) is 0 Å². The van der Waals surface area contributed by atoms with E-state index in [4.69, 9.17) is 0 Å². The predicted molar refractivity (Wildman–Crippen MR) is 57.0 cm³/mol. The van der Waals surface area contributed by atoms with Crippen molar-refractivity contribution in [2.75, 3.05) is 7.11 Å². The van der Waals surface area contributed by atoms with Crippen LogP contribution in [0, 0.1) is 15.9 Å². The van der Waals surface area contributed by atoms with Gasteiger partial charge >= 0.3 is 11.7 Å². The summed E-state index contributed by atoms with van der Waals surface area (Å²) in [6.45, 7) is 0. The van der Waals surface area contributed by atoms with Gasteiger partial charge in [0.1, 0.15) is 0 Å². The van der Waals surface area contributed by atoms with E-state index in [1.54, 1.807) is 0 Å². The first-order valence-electron chi connectivity index (χ1n) is 4.13. The highest BCUT2D eigenvalue weighted by molar-refractivity contribution is 9.08. The number of carbonyl (C=O) groups is 1. The molecule has 0 aliphatic carbocycles. The highest BCUT2D eigenvalue weighted by atomic mass is 79.9. The summed E-state index contributed by atoms with van der Waals surface area (Å²) in [6, 6.07) is 2.03. The van der Waals surface area contributed by atoms with Crippen LogP contribution in [0.5, 0.6) is 0 Å². The maximum Gasteiger partial charge on any atom is 0.338 e. The molecule has 86 valence electrons.